The predicted molar refractivity (Wildman–Crippen MR) is 171 cm³/mol. The Hall–Kier alpha value is -3.73. The summed E-state index contributed by atoms with van der Waals surface area (Å²) in [5, 5.41) is 11.8. The number of aryl methyl sites for hydroxylation is 2. The quantitative estimate of drug-likeness (QED) is 0.214. The number of carboxylic acid groups (broad SMARTS) is 1. The Morgan fingerprint density at radius 1 is 0.957 bits per heavy atom. The monoisotopic (exact) mass is 678 g/mol. The number of carboxylic acids is 1. The molecule has 7 nitrogen and oxygen atoms in total. The van der Waals surface area contributed by atoms with Crippen LogP contribution in [-0.4, -0.2) is 60.4 Å². The molecule has 1 heterocycles. The van der Waals surface area contributed by atoms with Crippen LogP contribution in [0.5, 0.6) is 11.5 Å². The number of carbonyl (C=O) groups is 2. The normalized spacial score (nSPS) is 14.7. The van der Waals surface area contributed by atoms with Gasteiger partial charge in [0, 0.05) is 29.7 Å². The van der Waals surface area contributed by atoms with Gasteiger partial charge in [0.2, 0.25) is 0 Å². The number of carbonyl (C=O) groups excluding carboxylic acids is 1. The molecule has 2 N–H and O–H groups in total. The second kappa shape index (κ2) is 15.7. The maximum absolute atomic E-state index is 13.8. The summed E-state index contributed by atoms with van der Waals surface area (Å²) in [6, 6.07) is 19.9. The number of aliphatic carboxylic acids is 1. The molecule has 3 aromatic carbocycles. The summed E-state index contributed by atoms with van der Waals surface area (Å²) in [4.78, 5) is 24.7. The fraction of sp³-hybridized carbons (Fsp3) is 0.353. The highest BCUT2D eigenvalue weighted by Gasteiger charge is 2.38. The molecule has 12 heteroatoms. The van der Waals surface area contributed by atoms with E-state index in [9.17, 15) is 18.0 Å². The van der Waals surface area contributed by atoms with Crippen molar-refractivity contribution in [3.05, 3.63) is 98.5 Å². The molecule has 0 radical (unpaired) electrons. The smallest absolute Gasteiger partial charge is 0.490 e. The van der Waals surface area contributed by atoms with E-state index in [0.29, 0.717) is 42.1 Å². The number of hydrogen-bond donors (Lipinski definition) is 2. The van der Waals surface area contributed by atoms with Crippen LogP contribution in [0.15, 0.2) is 66.2 Å². The molecule has 3 aromatic rings. The van der Waals surface area contributed by atoms with E-state index in [1.807, 2.05) is 79.4 Å². The minimum Gasteiger partial charge on any atom is -0.490 e. The maximum atomic E-state index is 13.8. The Labute approximate surface area is 275 Å². The number of benzene rings is 3. The summed E-state index contributed by atoms with van der Waals surface area (Å²) < 4.78 is 43.5. The molecule has 1 fully saturated rings. The van der Waals surface area contributed by atoms with Crippen LogP contribution in [0.1, 0.15) is 41.5 Å². The van der Waals surface area contributed by atoms with Crippen molar-refractivity contribution in [2.45, 2.75) is 51.9 Å². The van der Waals surface area contributed by atoms with E-state index in [2.05, 4.69) is 5.32 Å². The topological polar surface area (TPSA) is 88.1 Å². The highest BCUT2D eigenvalue weighted by molar-refractivity contribution is 6.32. The molecular weight excluding hydrogens is 644 g/mol. The molecule has 0 bridgehead atoms. The SMILES string of the molecule is Cc1cc(Cl)c(OCCOc2ccc(C3=C(C(=O)N(Cc4ccccc4Cl)C4CC4)CNCC3)cc2)cc1C.O=C(O)C(F)(F)F. The van der Waals surface area contributed by atoms with Crippen molar-refractivity contribution in [2.75, 3.05) is 26.3 Å². The first kappa shape index (κ1) is 35.1. The largest absolute Gasteiger partial charge is 0.490 e. The Bertz CT molecular complexity index is 1570. The summed E-state index contributed by atoms with van der Waals surface area (Å²) in [6.45, 7) is 6.80. The van der Waals surface area contributed by atoms with Gasteiger partial charge in [-0.3, -0.25) is 4.79 Å². The van der Waals surface area contributed by atoms with Gasteiger partial charge in [0.05, 0.1) is 5.02 Å². The van der Waals surface area contributed by atoms with Crippen LogP contribution in [0.4, 0.5) is 13.2 Å². The highest BCUT2D eigenvalue weighted by atomic mass is 35.5. The summed E-state index contributed by atoms with van der Waals surface area (Å²) >= 11 is 12.7. The van der Waals surface area contributed by atoms with Gasteiger partial charge < -0.3 is 24.8 Å². The molecule has 0 aromatic heterocycles. The minimum absolute atomic E-state index is 0.0992. The van der Waals surface area contributed by atoms with Gasteiger partial charge >= 0.3 is 12.1 Å². The average molecular weight is 680 g/mol. The third kappa shape index (κ3) is 9.64. The van der Waals surface area contributed by atoms with Crippen molar-refractivity contribution in [1.82, 2.24) is 10.2 Å². The first-order chi connectivity index (χ1) is 21.8. The van der Waals surface area contributed by atoms with Crippen molar-refractivity contribution >= 4 is 40.7 Å². The highest BCUT2D eigenvalue weighted by Crippen LogP contribution is 2.34. The lowest BCUT2D eigenvalue weighted by Crippen LogP contribution is -2.39. The molecule has 0 saturated heterocycles. The van der Waals surface area contributed by atoms with E-state index in [1.54, 1.807) is 0 Å². The number of amides is 1. The Morgan fingerprint density at radius 3 is 2.22 bits per heavy atom. The Balaban J connectivity index is 0.000000617. The van der Waals surface area contributed by atoms with Crippen molar-refractivity contribution in [2.24, 2.45) is 0 Å². The molecule has 0 spiro atoms. The summed E-state index contributed by atoms with van der Waals surface area (Å²) in [5.41, 5.74) is 6.25. The van der Waals surface area contributed by atoms with E-state index in [-0.39, 0.29) is 11.9 Å². The Kier molecular flexibility index (Phi) is 12.0. The zero-order valence-corrected chi connectivity index (χ0v) is 26.9. The molecule has 5 rings (SSSR count). The van der Waals surface area contributed by atoms with Gasteiger partial charge in [0.25, 0.3) is 5.91 Å². The fourth-order valence-corrected chi connectivity index (χ4v) is 5.34. The van der Waals surface area contributed by atoms with E-state index < -0.39 is 12.1 Å². The van der Waals surface area contributed by atoms with Crippen LogP contribution in [-0.2, 0) is 16.1 Å². The molecule has 46 heavy (non-hydrogen) atoms. The molecule has 2 aliphatic rings. The molecular formula is C34H35Cl2F3N2O5. The van der Waals surface area contributed by atoms with E-state index >= 15 is 0 Å². The van der Waals surface area contributed by atoms with Crippen LogP contribution in [0, 0.1) is 13.8 Å². The van der Waals surface area contributed by atoms with Crippen molar-refractivity contribution in [3.63, 3.8) is 0 Å². The van der Waals surface area contributed by atoms with Gasteiger partial charge in [-0.05, 0) is 97.8 Å². The molecule has 1 amide bonds. The third-order valence-electron chi connectivity index (χ3n) is 7.63. The number of rotatable bonds is 10. The molecule has 246 valence electrons. The van der Waals surface area contributed by atoms with Gasteiger partial charge in [-0.25, -0.2) is 4.79 Å². The molecule has 1 saturated carbocycles. The van der Waals surface area contributed by atoms with Crippen molar-refractivity contribution in [3.8, 4) is 11.5 Å². The fourth-order valence-electron chi connectivity index (χ4n) is 4.87. The number of alkyl halides is 3. The molecule has 0 atom stereocenters. The number of nitrogens with one attached hydrogen (secondary N) is 1. The number of nitrogens with zero attached hydrogens (tertiary/aromatic N) is 1. The lowest BCUT2D eigenvalue weighted by Gasteiger charge is -2.28. The van der Waals surface area contributed by atoms with E-state index in [0.717, 1.165) is 65.0 Å². The lowest BCUT2D eigenvalue weighted by atomic mass is 9.93. The maximum Gasteiger partial charge on any atom is 0.490 e. The van der Waals surface area contributed by atoms with Gasteiger partial charge in [0.15, 0.2) is 0 Å². The predicted octanol–water partition coefficient (Wildman–Crippen LogP) is 7.64. The van der Waals surface area contributed by atoms with Crippen LogP contribution >= 0.6 is 23.2 Å². The molecule has 1 aliphatic heterocycles. The second-order valence-corrected chi connectivity index (χ2v) is 11.8. The van der Waals surface area contributed by atoms with Gasteiger partial charge in [-0.2, -0.15) is 13.2 Å². The van der Waals surface area contributed by atoms with Crippen LogP contribution in [0.3, 0.4) is 0 Å². The van der Waals surface area contributed by atoms with Crippen LogP contribution in [0.25, 0.3) is 5.57 Å². The third-order valence-corrected chi connectivity index (χ3v) is 8.29. The minimum atomic E-state index is -5.08. The Morgan fingerprint density at radius 2 is 1.59 bits per heavy atom. The van der Waals surface area contributed by atoms with Crippen molar-refractivity contribution < 1.29 is 37.3 Å². The second-order valence-electron chi connectivity index (χ2n) is 11.0. The first-order valence-corrected chi connectivity index (χ1v) is 15.5. The average Bonchev–Trinajstić information content (AvgIpc) is 3.87. The lowest BCUT2D eigenvalue weighted by molar-refractivity contribution is -0.192. The molecule has 1 aliphatic carbocycles. The van der Waals surface area contributed by atoms with E-state index in [4.69, 9.17) is 42.6 Å². The van der Waals surface area contributed by atoms with E-state index in [1.165, 1.54) is 0 Å². The van der Waals surface area contributed by atoms with Crippen molar-refractivity contribution in [1.29, 1.82) is 0 Å². The number of halogens is 5. The summed E-state index contributed by atoms with van der Waals surface area (Å²) in [6.07, 6.45) is -2.20. The standard InChI is InChI=1S/C32H34Cl2N2O3.C2HF3O2/c1-21-17-30(34)31(18-22(21)2)39-16-15-38-26-11-7-23(8-12-26)27-13-14-35-19-28(27)32(37)36(25-9-10-25)20-24-5-3-4-6-29(24)33;3-2(4,5)1(6)7/h3-8,11-12,17-18,25,35H,9-10,13-16,19-20H2,1-2H3;(H,6,7). The summed E-state index contributed by atoms with van der Waals surface area (Å²) in [5.74, 6) is -1.23. The number of ether oxygens (including phenoxy) is 2. The van der Waals surface area contributed by atoms with Gasteiger partial charge in [-0.1, -0.05) is 53.5 Å². The zero-order chi connectivity index (χ0) is 33.4. The molecule has 0 unspecified atom stereocenters. The number of hydrogen-bond acceptors (Lipinski definition) is 5. The first-order valence-electron chi connectivity index (χ1n) is 14.7. The van der Waals surface area contributed by atoms with Gasteiger partial charge in [0.1, 0.15) is 24.7 Å². The zero-order valence-electron chi connectivity index (χ0n) is 25.4. The van der Waals surface area contributed by atoms with Crippen LogP contribution in [0.2, 0.25) is 10.0 Å². The van der Waals surface area contributed by atoms with Gasteiger partial charge in [-0.15, -0.1) is 0 Å². The summed E-state index contributed by atoms with van der Waals surface area (Å²) in [7, 11) is 0. The van der Waals surface area contributed by atoms with Crippen LogP contribution < -0.4 is 14.8 Å².